The van der Waals surface area contributed by atoms with Crippen molar-refractivity contribution >= 4 is 17.6 Å². The van der Waals surface area contributed by atoms with Gasteiger partial charge in [-0.15, -0.1) is 0 Å². The number of nitrogens with zero attached hydrogens (tertiary/aromatic N) is 1. The molecule has 1 aromatic rings. The molecule has 0 aliphatic heterocycles. The third kappa shape index (κ3) is 3.45. The lowest BCUT2D eigenvalue weighted by Gasteiger charge is -2.10. The molecule has 98 valence electrons. The van der Waals surface area contributed by atoms with Gasteiger partial charge in [0, 0.05) is 5.69 Å². The van der Waals surface area contributed by atoms with E-state index in [1.54, 1.807) is 12.1 Å². The normalized spacial score (nSPS) is 15.9. The minimum absolute atomic E-state index is 0.291. The van der Waals surface area contributed by atoms with Gasteiger partial charge in [0.25, 0.3) is 0 Å². The Kier molecular flexibility index (Phi) is 4.59. The molecule has 0 aromatic carbocycles. The van der Waals surface area contributed by atoms with Crippen molar-refractivity contribution in [2.75, 3.05) is 6.61 Å². The van der Waals surface area contributed by atoms with Crippen LogP contribution in [0.2, 0.25) is 5.15 Å². The van der Waals surface area contributed by atoms with E-state index in [0.29, 0.717) is 23.2 Å². The monoisotopic (exact) mass is 267 g/mol. The molecule has 0 N–H and O–H groups in total. The maximum absolute atomic E-state index is 11.9. The van der Waals surface area contributed by atoms with Crippen LogP contribution in [0.1, 0.15) is 48.7 Å². The Balaban J connectivity index is 1.97. The summed E-state index contributed by atoms with van der Waals surface area (Å²) in [4.78, 5) is 16.0. The second-order valence-corrected chi connectivity index (χ2v) is 5.16. The summed E-state index contributed by atoms with van der Waals surface area (Å²) < 4.78 is 5.34. The molecule has 0 bridgehead atoms. The van der Waals surface area contributed by atoms with E-state index in [9.17, 15) is 4.79 Å². The Morgan fingerprint density at radius 2 is 2.17 bits per heavy atom. The average molecular weight is 268 g/mol. The summed E-state index contributed by atoms with van der Waals surface area (Å²) in [6, 6.07) is 3.32. The standard InChI is InChI=1S/C14H18ClNO2/c1-2-12-7-11(8-13(15)16-12)14(17)18-9-10-5-3-4-6-10/h7-8,10H,2-6,9H2,1H3. The van der Waals surface area contributed by atoms with Gasteiger partial charge in [0.15, 0.2) is 0 Å². The predicted molar refractivity (Wildman–Crippen MR) is 70.9 cm³/mol. The molecule has 1 heterocycles. The van der Waals surface area contributed by atoms with Crippen LogP contribution in [0.4, 0.5) is 0 Å². The highest BCUT2D eigenvalue weighted by molar-refractivity contribution is 6.29. The number of esters is 1. The summed E-state index contributed by atoms with van der Waals surface area (Å²) in [6.45, 7) is 2.51. The number of rotatable bonds is 4. The van der Waals surface area contributed by atoms with Crippen molar-refractivity contribution in [3.63, 3.8) is 0 Å². The Hall–Kier alpha value is -1.09. The van der Waals surface area contributed by atoms with Crippen molar-refractivity contribution in [2.45, 2.75) is 39.0 Å². The molecule has 2 rings (SSSR count). The molecule has 1 saturated carbocycles. The zero-order valence-corrected chi connectivity index (χ0v) is 11.4. The molecule has 0 spiro atoms. The Bertz CT molecular complexity index is 428. The fraction of sp³-hybridized carbons (Fsp3) is 0.571. The molecule has 3 nitrogen and oxygen atoms in total. The van der Waals surface area contributed by atoms with Gasteiger partial charge in [-0.3, -0.25) is 0 Å². The Morgan fingerprint density at radius 1 is 1.44 bits per heavy atom. The first-order valence-corrected chi connectivity index (χ1v) is 6.90. The highest BCUT2D eigenvalue weighted by atomic mass is 35.5. The van der Waals surface area contributed by atoms with Crippen LogP contribution in [0, 0.1) is 5.92 Å². The van der Waals surface area contributed by atoms with Crippen LogP contribution in [-0.2, 0) is 11.2 Å². The number of aryl methyl sites for hydroxylation is 1. The zero-order chi connectivity index (χ0) is 13.0. The van der Waals surface area contributed by atoms with E-state index in [4.69, 9.17) is 16.3 Å². The van der Waals surface area contributed by atoms with Gasteiger partial charge in [-0.2, -0.15) is 0 Å². The number of pyridine rings is 1. The van der Waals surface area contributed by atoms with Crippen LogP contribution in [0.3, 0.4) is 0 Å². The molecule has 1 aliphatic carbocycles. The van der Waals surface area contributed by atoms with Gasteiger partial charge >= 0.3 is 5.97 Å². The second kappa shape index (κ2) is 6.19. The largest absolute Gasteiger partial charge is 0.462 e. The van der Waals surface area contributed by atoms with E-state index in [0.717, 1.165) is 12.1 Å². The molecule has 4 heteroatoms. The van der Waals surface area contributed by atoms with E-state index >= 15 is 0 Å². The minimum atomic E-state index is -0.291. The first-order chi connectivity index (χ1) is 8.69. The third-order valence-electron chi connectivity index (χ3n) is 3.37. The second-order valence-electron chi connectivity index (χ2n) is 4.77. The smallest absolute Gasteiger partial charge is 0.338 e. The van der Waals surface area contributed by atoms with E-state index in [1.807, 2.05) is 6.92 Å². The lowest BCUT2D eigenvalue weighted by atomic mass is 10.1. The van der Waals surface area contributed by atoms with Gasteiger partial charge in [0.1, 0.15) is 5.15 Å². The van der Waals surface area contributed by atoms with Crippen molar-refractivity contribution in [1.29, 1.82) is 0 Å². The van der Waals surface area contributed by atoms with E-state index in [1.165, 1.54) is 25.7 Å². The van der Waals surface area contributed by atoms with Crippen LogP contribution in [0.5, 0.6) is 0 Å². The lowest BCUT2D eigenvalue weighted by molar-refractivity contribution is 0.0442. The fourth-order valence-corrected chi connectivity index (χ4v) is 2.53. The van der Waals surface area contributed by atoms with Crippen molar-refractivity contribution in [2.24, 2.45) is 5.92 Å². The predicted octanol–water partition coefficient (Wildman–Crippen LogP) is 3.64. The van der Waals surface area contributed by atoms with Gasteiger partial charge < -0.3 is 4.74 Å². The van der Waals surface area contributed by atoms with Crippen molar-refractivity contribution in [1.82, 2.24) is 4.98 Å². The quantitative estimate of drug-likeness (QED) is 0.617. The van der Waals surface area contributed by atoms with Gasteiger partial charge in [-0.05, 0) is 37.3 Å². The molecule has 18 heavy (non-hydrogen) atoms. The maximum Gasteiger partial charge on any atom is 0.338 e. The van der Waals surface area contributed by atoms with Gasteiger partial charge in [0.05, 0.1) is 12.2 Å². The van der Waals surface area contributed by atoms with Crippen molar-refractivity contribution < 1.29 is 9.53 Å². The van der Waals surface area contributed by atoms with Gasteiger partial charge in [-0.25, -0.2) is 9.78 Å². The highest BCUT2D eigenvalue weighted by Gasteiger charge is 2.18. The van der Waals surface area contributed by atoms with Crippen LogP contribution < -0.4 is 0 Å². The van der Waals surface area contributed by atoms with Crippen molar-refractivity contribution in [3.8, 4) is 0 Å². The fourth-order valence-electron chi connectivity index (χ4n) is 2.30. The number of aromatic nitrogens is 1. The lowest BCUT2D eigenvalue weighted by Crippen LogP contribution is -2.12. The maximum atomic E-state index is 11.9. The molecular formula is C14H18ClNO2. The molecule has 1 fully saturated rings. The number of carbonyl (C=O) groups is 1. The number of hydrogen-bond donors (Lipinski definition) is 0. The number of ether oxygens (including phenoxy) is 1. The van der Waals surface area contributed by atoms with Crippen LogP contribution in [-0.4, -0.2) is 17.6 Å². The van der Waals surface area contributed by atoms with E-state index in [-0.39, 0.29) is 5.97 Å². The zero-order valence-electron chi connectivity index (χ0n) is 10.6. The molecule has 1 aliphatic rings. The van der Waals surface area contributed by atoms with E-state index < -0.39 is 0 Å². The minimum Gasteiger partial charge on any atom is -0.462 e. The van der Waals surface area contributed by atoms with Crippen LogP contribution >= 0.6 is 11.6 Å². The molecule has 0 unspecified atom stereocenters. The van der Waals surface area contributed by atoms with Gasteiger partial charge in [-0.1, -0.05) is 31.4 Å². The topological polar surface area (TPSA) is 39.2 Å². The molecule has 0 amide bonds. The number of hydrogen-bond acceptors (Lipinski definition) is 3. The molecule has 0 radical (unpaired) electrons. The Morgan fingerprint density at radius 3 is 2.83 bits per heavy atom. The summed E-state index contributed by atoms with van der Waals surface area (Å²) >= 11 is 5.88. The third-order valence-corrected chi connectivity index (χ3v) is 3.56. The Labute approximate surface area is 113 Å². The van der Waals surface area contributed by atoms with Crippen molar-refractivity contribution in [3.05, 3.63) is 28.5 Å². The van der Waals surface area contributed by atoms with Gasteiger partial charge in [0.2, 0.25) is 0 Å². The summed E-state index contributed by atoms with van der Waals surface area (Å²) in [5, 5.41) is 0.349. The first kappa shape index (κ1) is 13.3. The summed E-state index contributed by atoms with van der Waals surface area (Å²) in [7, 11) is 0. The summed E-state index contributed by atoms with van der Waals surface area (Å²) in [5.41, 5.74) is 1.32. The summed E-state index contributed by atoms with van der Waals surface area (Å²) in [6.07, 6.45) is 5.60. The highest BCUT2D eigenvalue weighted by Crippen LogP contribution is 2.25. The first-order valence-electron chi connectivity index (χ1n) is 6.52. The number of halogens is 1. The average Bonchev–Trinajstić information content (AvgIpc) is 2.88. The van der Waals surface area contributed by atoms with Crippen LogP contribution in [0.25, 0.3) is 0 Å². The molecule has 1 aromatic heterocycles. The van der Waals surface area contributed by atoms with Crippen LogP contribution in [0.15, 0.2) is 12.1 Å². The summed E-state index contributed by atoms with van der Waals surface area (Å²) in [5.74, 6) is 0.248. The molecular weight excluding hydrogens is 250 g/mol. The number of carbonyl (C=O) groups excluding carboxylic acids is 1. The molecule has 0 atom stereocenters. The van der Waals surface area contributed by atoms with E-state index in [2.05, 4.69) is 4.98 Å². The SMILES string of the molecule is CCc1cc(C(=O)OCC2CCCC2)cc(Cl)n1. The molecule has 0 saturated heterocycles.